The fraction of sp³-hybridized carbons (Fsp3) is 0.333. The van der Waals surface area contributed by atoms with E-state index in [0.717, 1.165) is 22.1 Å². The Morgan fingerprint density at radius 3 is 2.39 bits per heavy atom. The number of nitrogens with zero attached hydrogens (tertiary/aromatic N) is 1. The van der Waals surface area contributed by atoms with Crippen molar-refractivity contribution in [2.75, 3.05) is 11.9 Å². The molecule has 2 aromatic carbocycles. The number of hydrogen-bond donors (Lipinski definition) is 1. The number of benzene rings is 2. The summed E-state index contributed by atoms with van der Waals surface area (Å²) in [5, 5.41) is 4.60. The average Bonchev–Trinajstić information content (AvgIpc) is 3.45. The molecule has 0 spiro atoms. The van der Waals surface area contributed by atoms with Gasteiger partial charge in [0.15, 0.2) is 6.61 Å². The molecule has 1 heterocycles. The van der Waals surface area contributed by atoms with Crippen LogP contribution in [0.4, 0.5) is 5.69 Å². The lowest BCUT2D eigenvalue weighted by molar-refractivity contribution is -0.159. The van der Waals surface area contributed by atoms with Gasteiger partial charge in [-0.15, -0.1) is 0 Å². The summed E-state index contributed by atoms with van der Waals surface area (Å²) in [5.74, 6) is -2.46. The molecule has 2 bridgehead atoms. The van der Waals surface area contributed by atoms with Gasteiger partial charge in [0.2, 0.25) is 11.8 Å². The highest BCUT2D eigenvalue weighted by atomic mass is 16.5. The summed E-state index contributed by atoms with van der Waals surface area (Å²) < 4.78 is 5.14. The Kier molecular flexibility index (Phi) is 4.61. The Hall–Kier alpha value is -3.48. The number of nitrogens with one attached hydrogen (secondary N) is 1. The maximum atomic E-state index is 12.8. The van der Waals surface area contributed by atoms with Crippen LogP contribution in [0.3, 0.4) is 0 Å². The predicted octanol–water partition coefficient (Wildman–Crippen LogP) is 2.52. The number of carbonyl (C=O) groups is 4. The Bertz CT molecular complexity index is 1100. The van der Waals surface area contributed by atoms with Crippen molar-refractivity contribution in [1.29, 1.82) is 0 Å². The number of carbonyl (C=O) groups excluding carboxylic acids is 4. The molecule has 5 rings (SSSR count). The fourth-order valence-corrected chi connectivity index (χ4v) is 5.19. The molecule has 31 heavy (non-hydrogen) atoms. The van der Waals surface area contributed by atoms with Crippen molar-refractivity contribution in [2.45, 2.75) is 19.4 Å². The number of amides is 3. The molecule has 2 aromatic rings. The number of hydrogen-bond acceptors (Lipinski definition) is 5. The van der Waals surface area contributed by atoms with Crippen molar-refractivity contribution >= 4 is 40.2 Å². The van der Waals surface area contributed by atoms with Gasteiger partial charge in [-0.1, -0.05) is 48.6 Å². The molecule has 0 unspecified atom stereocenters. The van der Waals surface area contributed by atoms with E-state index >= 15 is 0 Å². The molecule has 1 N–H and O–H groups in total. The SMILES string of the molecule is C[C@H](C(=O)OCC(=O)Nc1cccc2ccccc12)N1C(=O)[C@H]2[C@H](C1=O)[C@H]1C=C[C@H]2C1. The van der Waals surface area contributed by atoms with Crippen molar-refractivity contribution in [3.8, 4) is 0 Å². The quantitative estimate of drug-likeness (QED) is 0.458. The molecule has 1 saturated carbocycles. The van der Waals surface area contributed by atoms with Crippen LogP contribution < -0.4 is 5.32 Å². The second-order valence-electron chi connectivity index (χ2n) is 8.40. The lowest BCUT2D eigenvalue weighted by Gasteiger charge is -2.23. The average molecular weight is 418 g/mol. The lowest BCUT2D eigenvalue weighted by atomic mass is 9.85. The van der Waals surface area contributed by atoms with Crippen LogP contribution in [0.25, 0.3) is 10.8 Å². The van der Waals surface area contributed by atoms with Crippen molar-refractivity contribution in [3.05, 3.63) is 54.6 Å². The number of rotatable bonds is 5. The van der Waals surface area contributed by atoms with Gasteiger partial charge in [-0.2, -0.15) is 0 Å². The highest BCUT2D eigenvalue weighted by Gasteiger charge is 2.60. The monoisotopic (exact) mass is 418 g/mol. The van der Waals surface area contributed by atoms with Crippen molar-refractivity contribution in [2.24, 2.45) is 23.7 Å². The molecule has 2 aliphatic carbocycles. The topological polar surface area (TPSA) is 92.8 Å². The van der Waals surface area contributed by atoms with Gasteiger partial charge in [-0.3, -0.25) is 19.3 Å². The second-order valence-corrected chi connectivity index (χ2v) is 8.40. The standard InChI is InChI=1S/C24H22N2O5/c1-13(26-22(28)20-15-9-10-16(11-15)21(20)23(26)29)24(30)31-12-19(27)25-18-8-4-6-14-5-2-3-7-17(14)18/h2-10,13,15-16,20-21H,11-12H2,1H3,(H,25,27)/t13-,15+,16+,20-,21-/m1/s1. The van der Waals surface area contributed by atoms with E-state index < -0.39 is 24.5 Å². The molecule has 3 amide bonds. The minimum Gasteiger partial charge on any atom is -0.454 e. The van der Waals surface area contributed by atoms with Gasteiger partial charge in [0.25, 0.3) is 5.91 Å². The molecular weight excluding hydrogens is 396 g/mol. The minimum atomic E-state index is -1.06. The maximum absolute atomic E-state index is 12.8. The van der Waals surface area contributed by atoms with Crippen molar-refractivity contribution in [1.82, 2.24) is 4.90 Å². The van der Waals surface area contributed by atoms with Crippen LogP contribution in [0.15, 0.2) is 54.6 Å². The Morgan fingerprint density at radius 2 is 1.68 bits per heavy atom. The number of likely N-dealkylation sites (tertiary alicyclic amines) is 1. The van der Waals surface area contributed by atoms with Crippen LogP contribution in [0.1, 0.15) is 13.3 Å². The zero-order chi connectivity index (χ0) is 21.7. The molecule has 158 valence electrons. The predicted molar refractivity (Wildman–Crippen MR) is 113 cm³/mol. The van der Waals surface area contributed by atoms with E-state index in [1.165, 1.54) is 6.92 Å². The zero-order valence-electron chi connectivity index (χ0n) is 17.0. The third-order valence-corrected chi connectivity index (χ3v) is 6.64. The molecule has 1 aliphatic heterocycles. The van der Waals surface area contributed by atoms with Crippen LogP contribution in [0.2, 0.25) is 0 Å². The van der Waals surface area contributed by atoms with Crippen molar-refractivity contribution in [3.63, 3.8) is 0 Å². The summed E-state index contributed by atoms with van der Waals surface area (Å²) in [4.78, 5) is 51.5. The maximum Gasteiger partial charge on any atom is 0.329 e. The zero-order valence-corrected chi connectivity index (χ0v) is 17.0. The number of ether oxygens (including phenoxy) is 1. The molecule has 1 saturated heterocycles. The number of allylic oxidation sites excluding steroid dienone is 2. The Balaban J connectivity index is 1.21. The molecule has 0 aromatic heterocycles. The summed E-state index contributed by atoms with van der Waals surface area (Å²) in [5.41, 5.74) is 0.618. The summed E-state index contributed by atoms with van der Waals surface area (Å²) in [6.45, 7) is 0.972. The number of anilines is 1. The van der Waals surface area contributed by atoms with E-state index in [4.69, 9.17) is 4.74 Å². The highest BCUT2D eigenvalue weighted by molar-refractivity contribution is 6.09. The van der Waals surface area contributed by atoms with E-state index in [-0.39, 0.29) is 35.5 Å². The summed E-state index contributed by atoms with van der Waals surface area (Å²) in [6.07, 6.45) is 4.83. The largest absolute Gasteiger partial charge is 0.454 e. The van der Waals surface area contributed by atoms with E-state index in [2.05, 4.69) is 5.32 Å². The fourth-order valence-electron chi connectivity index (χ4n) is 5.19. The second kappa shape index (κ2) is 7.34. The van der Waals surface area contributed by atoms with Gasteiger partial charge < -0.3 is 10.1 Å². The van der Waals surface area contributed by atoms with Crippen LogP contribution in [0.5, 0.6) is 0 Å². The highest BCUT2D eigenvalue weighted by Crippen LogP contribution is 2.52. The van der Waals surface area contributed by atoms with Gasteiger partial charge in [0, 0.05) is 11.1 Å². The molecule has 7 nitrogen and oxygen atoms in total. The van der Waals surface area contributed by atoms with E-state index in [0.29, 0.717) is 5.69 Å². The van der Waals surface area contributed by atoms with E-state index in [9.17, 15) is 19.2 Å². The van der Waals surface area contributed by atoms with Gasteiger partial charge >= 0.3 is 5.97 Å². The van der Waals surface area contributed by atoms with Crippen LogP contribution in [0, 0.1) is 23.7 Å². The molecule has 3 aliphatic rings. The first-order chi connectivity index (χ1) is 15.0. The smallest absolute Gasteiger partial charge is 0.329 e. The third kappa shape index (κ3) is 3.12. The normalized spacial score (nSPS) is 26.9. The third-order valence-electron chi connectivity index (χ3n) is 6.64. The van der Waals surface area contributed by atoms with Gasteiger partial charge in [0.05, 0.1) is 11.8 Å². The molecule has 7 heteroatoms. The minimum absolute atomic E-state index is 0.0751. The molecule has 5 atom stereocenters. The summed E-state index contributed by atoms with van der Waals surface area (Å²) in [6, 6.07) is 12.1. The molecular formula is C24H22N2O5. The van der Waals surface area contributed by atoms with Crippen LogP contribution in [-0.2, 0) is 23.9 Å². The van der Waals surface area contributed by atoms with Crippen LogP contribution >= 0.6 is 0 Å². The number of esters is 1. The van der Waals surface area contributed by atoms with Gasteiger partial charge in [-0.25, -0.2) is 4.79 Å². The number of fused-ring (bicyclic) bond motifs is 6. The summed E-state index contributed by atoms with van der Waals surface area (Å²) >= 11 is 0. The number of imide groups is 1. The summed E-state index contributed by atoms with van der Waals surface area (Å²) in [7, 11) is 0. The van der Waals surface area contributed by atoms with Crippen LogP contribution in [-0.4, -0.2) is 41.2 Å². The first-order valence-electron chi connectivity index (χ1n) is 10.4. The van der Waals surface area contributed by atoms with E-state index in [1.807, 2.05) is 48.6 Å². The lowest BCUT2D eigenvalue weighted by Crippen LogP contribution is -2.45. The van der Waals surface area contributed by atoms with Crippen molar-refractivity contribution < 1.29 is 23.9 Å². The Morgan fingerprint density at radius 1 is 1.03 bits per heavy atom. The van der Waals surface area contributed by atoms with E-state index in [1.54, 1.807) is 6.07 Å². The Labute approximate surface area is 179 Å². The molecule has 2 fully saturated rings. The van der Waals surface area contributed by atoms with Gasteiger partial charge in [0.1, 0.15) is 6.04 Å². The first-order valence-corrected chi connectivity index (χ1v) is 10.4. The van der Waals surface area contributed by atoms with Gasteiger partial charge in [-0.05, 0) is 36.6 Å². The molecule has 0 radical (unpaired) electrons. The first kappa shape index (κ1) is 19.5.